The number of hydrogen-bond donors (Lipinski definition) is 0. The van der Waals surface area contributed by atoms with Crippen LogP contribution in [-0.2, 0) is 20.7 Å². The van der Waals surface area contributed by atoms with Crippen LogP contribution in [0.5, 0.6) is 0 Å². The number of benzene rings is 2. The first-order chi connectivity index (χ1) is 14.9. The van der Waals surface area contributed by atoms with E-state index in [0.717, 1.165) is 24.1 Å². The van der Waals surface area contributed by atoms with Crippen LogP contribution in [0, 0.1) is 0 Å². The first kappa shape index (κ1) is 21.9. The Bertz CT molecular complexity index is 1060. The zero-order chi connectivity index (χ0) is 22.1. The average Bonchev–Trinajstić information content (AvgIpc) is 2.98. The Labute approximate surface area is 192 Å². The minimum Gasteiger partial charge on any atom is -0.377 e. The third-order valence-corrected chi connectivity index (χ3v) is 6.04. The SMILES string of the molecule is CC(C)OCCN1C(=O)C(c2ccc(Cl)cc2Cl)=C(N2CCCc3ccccc32)C1=O. The van der Waals surface area contributed by atoms with Gasteiger partial charge in [-0.3, -0.25) is 14.5 Å². The molecule has 0 saturated carbocycles. The molecule has 2 aliphatic heterocycles. The Hall–Kier alpha value is -2.34. The number of hydrogen-bond acceptors (Lipinski definition) is 4. The third-order valence-electron chi connectivity index (χ3n) is 5.49. The van der Waals surface area contributed by atoms with E-state index in [1.165, 1.54) is 4.90 Å². The van der Waals surface area contributed by atoms with Crippen molar-refractivity contribution in [3.05, 3.63) is 69.3 Å². The molecular formula is C24H24Cl2N2O3. The van der Waals surface area contributed by atoms with E-state index in [9.17, 15) is 9.59 Å². The highest BCUT2D eigenvalue weighted by Gasteiger charge is 2.43. The molecule has 2 aromatic carbocycles. The van der Waals surface area contributed by atoms with Crippen LogP contribution in [0.2, 0.25) is 10.0 Å². The van der Waals surface area contributed by atoms with Gasteiger partial charge in [-0.05, 0) is 50.5 Å². The fraction of sp³-hybridized carbons (Fsp3) is 0.333. The molecule has 0 bridgehead atoms. The van der Waals surface area contributed by atoms with Crippen molar-refractivity contribution in [1.82, 2.24) is 4.90 Å². The van der Waals surface area contributed by atoms with Crippen molar-refractivity contribution < 1.29 is 14.3 Å². The first-order valence-electron chi connectivity index (χ1n) is 10.4. The number of ether oxygens (including phenoxy) is 1. The summed E-state index contributed by atoms with van der Waals surface area (Å²) in [5, 5.41) is 0.810. The van der Waals surface area contributed by atoms with Crippen LogP contribution >= 0.6 is 23.2 Å². The highest BCUT2D eigenvalue weighted by molar-refractivity contribution is 6.41. The Morgan fingerprint density at radius 2 is 1.84 bits per heavy atom. The number of halogens is 2. The van der Waals surface area contributed by atoms with Gasteiger partial charge in [-0.2, -0.15) is 0 Å². The summed E-state index contributed by atoms with van der Waals surface area (Å²) in [6.45, 7) is 4.95. The van der Waals surface area contributed by atoms with Gasteiger partial charge in [0.25, 0.3) is 11.8 Å². The van der Waals surface area contributed by atoms with E-state index >= 15 is 0 Å². The highest BCUT2D eigenvalue weighted by atomic mass is 35.5. The molecule has 0 N–H and O–H groups in total. The second-order valence-electron chi connectivity index (χ2n) is 7.91. The van der Waals surface area contributed by atoms with Crippen molar-refractivity contribution in [2.45, 2.75) is 32.8 Å². The maximum absolute atomic E-state index is 13.5. The minimum absolute atomic E-state index is 0.0133. The number of anilines is 1. The monoisotopic (exact) mass is 458 g/mol. The standard InChI is InChI=1S/C24H24Cl2N2O3/c1-15(2)31-13-12-28-23(29)21(18-10-9-17(25)14-19(18)26)22(24(28)30)27-11-5-7-16-6-3-4-8-20(16)27/h3-4,6,8-10,14-15H,5,7,11-13H2,1-2H3. The summed E-state index contributed by atoms with van der Waals surface area (Å²) in [6, 6.07) is 13.0. The zero-order valence-corrected chi connectivity index (χ0v) is 19.0. The van der Waals surface area contributed by atoms with E-state index in [1.54, 1.807) is 18.2 Å². The summed E-state index contributed by atoms with van der Waals surface area (Å²) in [6.07, 6.45) is 1.84. The van der Waals surface area contributed by atoms with Gasteiger partial charge in [0.2, 0.25) is 0 Å². The zero-order valence-electron chi connectivity index (χ0n) is 17.5. The number of nitrogens with zero attached hydrogens (tertiary/aromatic N) is 2. The van der Waals surface area contributed by atoms with Crippen molar-refractivity contribution in [3.63, 3.8) is 0 Å². The Kier molecular flexibility index (Phi) is 6.37. The molecule has 2 aromatic rings. The lowest BCUT2D eigenvalue weighted by Gasteiger charge is -2.32. The molecule has 0 aromatic heterocycles. The first-order valence-corrected chi connectivity index (χ1v) is 11.2. The highest BCUT2D eigenvalue weighted by Crippen LogP contribution is 2.40. The van der Waals surface area contributed by atoms with Crippen molar-refractivity contribution in [2.75, 3.05) is 24.6 Å². The number of fused-ring (bicyclic) bond motifs is 1. The largest absolute Gasteiger partial charge is 0.377 e. The summed E-state index contributed by atoms with van der Waals surface area (Å²) in [5.41, 5.74) is 3.30. The fourth-order valence-corrected chi connectivity index (χ4v) is 4.60. The maximum Gasteiger partial charge on any atom is 0.278 e. The molecule has 0 spiro atoms. The molecule has 31 heavy (non-hydrogen) atoms. The van der Waals surface area contributed by atoms with Crippen LogP contribution < -0.4 is 4.90 Å². The number of carbonyl (C=O) groups excluding carboxylic acids is 2. The van der Waals surface area contributed by atoms with Gasteiger partial charge in [0, 0.05) is 22.8 Å². The lowest BCUT2D eigenvalue weighted by atomic mass is 9.98. The van der Waals surface area contributed by atoms with Gasteiger partial charge >= 0.3 is 0 Å². The molecule has 0 atom stereocenters. The fourth-order valence-electron chi connectivity index (χ4n) is 4.10. The number of aryl methyl sites for hydroxylation is 1. The number of rotatable bonds is 6. The third kappa shape index (κ3) is 4.22. The van der Waals surface area contributed by atoms with Gasteiger partial charge in [0.05, 0.1) is 29.9 Å². The van der Waals surface area contributed by atoms with Crippen molar-refractivity contribution >= 4 is 46.3 Å². The predicted molar refractivity (Wildman–Crippen MR) is 123 cm³/mol. The summed E-state index contributed by atoms with van der Waals surface area (Å²) < 4.78 is 5.60. The van der Waals surface area contributed by atoms with Gasteiger partial charge in [0.15, 0.2) is 0 Å². The van der Waals surface area contributed by atoms with Crippen molar-refractivity contribution in [2.24, 2.45) is 0 Å². The molecule has 4 rings (SSSR count). The normalized spacial score (nSPS) is 16.5. The Morgan fingerprint density at radius 1 is 1.06 bits per heavy atom. The van der Waals surface area contributed by atoms with Crippen LogP contribution in [-0.4, -0.2) is 42.5 Å². The summed E-state index contributed by atoms with van der Waals surface area (Å²) in [7, 11) is 0. The van der Waals surface area contributed by atoms with E-state index < -0.39 is 0 Å². The van der Waals surface area contributed by atoms with E-state index in [-0.39, 0.29) is 31.1 Å². The lowest BCUT2D eigenvalue weighted by molar-refractivity contribution is -0.138. The smallest absolute Gasteiger partial charge is 0.278 e. The van der Waals surface area contributed by atoms with E-state index in [4.69, 9.17) is 27.9 Å². The average molecular weight is 459 g/mol. The molecule has 0 unspecified atom stereocenters. The van der Waals surface area contributed by atoms with Crippen LogP contribution in [0.4, 0.5) is 5.69 Å². The number of para-hydroxylation sites is 1. The van der Waals surface area contributed by atoms with Gasteiger partial charge in [-0.25, -0.2) is 0 Å². The molecule has 0 fully saturated rings. The molecular weight excluding hydrogens is 435 g/mol. The molecule has 5 nitrogen and oxygen atoms in total. The van der Waals surface area contributed by atoms with E-state index in [2.05, 4.69) is 6.07 Å². The quantitative estimate of drug-likeness (QED) is 0.574. The molecule has 0 saturated heterocycles. The van der Waals surface area contributed by atoms with Crippen molar-refractivity contribution in [3.8, 4) is 0 Å². The van der Waals surface area contributed by atoms with Crippen LogP contribution in [0.15, 0.2) is 48.2 Å². The van der Waals surface area contributed by atoms with E-state index in [0.29, 0.717) is 33.4 Å². The molecule has 0 aliphatic carbocycles. The number of carbonyl (C=O) groups is 2. The molecule has 7 heteroatoms. The lowest BCUT2D eigenvalue weighted by Crippen LogP contribution is -2.39. The number of imide groups is 1. The van der Waals surface area contributed by atoms with Gasteiger partial charge in [-0.1, -0.05) is 47.5 Å². The molecule has 0 radical (unpaired) electrons. The Balaban J connectivity index is 1.81. The summed E-state index contributed by atoms with van der Waals surface area (Å²) >= 11 is 12.6. The summed E-state index contributed by atoms with van der Waals surface area (Å²) in [4.78, 5) is 30.2. The van der Waals surface area contributed by atoms with Crippen LogP contribution in [0.1, 0.15) is 31.4 Å². The summed E-state index contributed by atoms with van der Waals surface area (Å²) in [5.74, 6) is -0.685. The second-order valence-corrected chi connectivity index (χ2v) is 8.76. The van der Waals surface area contributed by atoms with Crippen LogP contribution in [0.3, 0.4) is 0 Å². The van der Waals surface area contributed by atoms with Crippen LogP contribution in [0.25, 0.3) is 5.57 Å². The molecule has 2 amide bonds. The predicted octanol–water partition coefficient (Wildman–Crippen LogP) is 4.95. The molecule has 2 aliphatic rings. The topological polar surface area (TPSA) is 49.9 Å². The molecule has 2 heterocycles. The number of amides is 2. The molecule has 162 valence electrons. The Morgan fingerprint density at radius 3 is 2.58 bits per heavy atom. The van der Waals surface area contributed by atoms with Gasteiger partial charge < -0.3 is 9.64 Å². The van der Waals surface area contributed by atoms with Gasteiger partial charge in [-0.15, -0.1) is 0 Å². The minimum atomic E-state index is -0.361. The van der Waals surface area contributed by atoms with Gasteiger partial charge in [0.1, 0.15) is 5.70 Å². The van der Waals surface area contributed by atoms with Crippen molar-refractivity contribution in [1.29, 1.82) is 0 Å². The second kappa shape index (κ2) is 9.03. The maximum atomic E-state index is 13.5. The van der Waals surface area contributed by atoms with E-state index in [1.807, 2.05) is 36.9 Å².